The fraction of sp³-hybridized carbons (Fsp3) is 0.556. The van der Waals surface area contributed by atoms with Crippen molar-refractivity contribution in [2.75, 3.05) is 6.61 Å². The molecule has 0 bridgehead atoms. The van der Waals surface area contributed by atoms with E-state index in [1.54, 1.807) is 6.33 Å². The molecule has 24 heavy (non-hydrogen) atoms. The summed E-state index contributed by atoms with van der Waals surface area (Å²) < 4.78 is 13.8. The Hall–Kier alpha value is -2.08. The first-order valence-electron chi connectivity index (χ1n) is 8.78. The van der Waals surface area contributed by atoms with Crippen molar-refractivity contribution in [3.8, 4) is 11.5 Å². The smallest absolute Gasteiger partial charge is 0.138 e. The monoisotopic (exact) mass is 328 g/mol. The molecule has 0 spiro atoms. The number of aromatic nitrogens is 3. The van der Waals surface area contributed by atoms with Crippen molar-refractivity contribution < 1.29 is 9.47 Å². The molecule has 1 aromatic carbocycles. The molecule has 6 nitrogen and oxygen atoms in total. The Bertz CT molecular complexity index is 728. The standard InChI is InChI=1S/C18H24N4O2/c1-3-23-16-7-13-6-12(2)24-18(13)14(8-16)9-19-15-4-5-17-20-11-21-22(17)10-15/h7-8,11-12,15,19H,3-6,9-10H2,1-2H3/t12-,15+/m0/s1. The average molecular weight is 328 g/mol. The van der Waals surface area contributed by atoms with E-state index < -0.39 is 0 Å². The lowest BCUT2D eigenvalue weighted by Crippen LogP contribution is -2.37. The van der Waals surface area contributed by atoms with Gasteiger partial charge in [0.1, 0.15) is 29.8 Å². The zero-order valence-corrected chi connectivity index (χ0v) is 14.3. The Balaban J connectivity index is 1.48. The van der Waals surface area contributed by atoms with E-state index in [2.05, 4.69) is 34.5 Å². The number of hydrogen-bond donors (Lipinski definition) is 1. The predicted molar refractivity (Wildman–Crippen MR) is 90.4 cm³/mol. The van der Waals surface area contributed by atoms with Crippen molar-refractivity contribution in [1.82, 2.24) is 20.1 Å². The zero-order valence-electron chi connectivity index (χ0n) is 14.3. The second-order valence-electron chi connectivity index (χ2n) is 6.61. The molecule has 2 aliphatic heterocycles. The lowest BCUT2D eigenvalue weighted by molar-refractivity contribution is 0.251. The third-order valence-corrected chi connectivity index (χ3v) is 4.74. The summed E-state index contributed by atoms with van der Waals surface area (Å²) in [4.78, 5) is 4.28. The molecular formula is C18H24N4O2. The second kappa shape index (κ2) is 6.43. The minimum Gasteiger partial charge on any atom is -0.494 e. The molecule has 0 aliphatic carbocycles. The molecule has 0 fully saturated rings. The largest absolute Gasteiger partial charge is 0.494 e. The zero-order chi connectivity index (χ0) is 16.5. The molecule has 0 radical (unpaired) electrons. The van der Waals surface area contributed by atoms with Crippen LogP contribution in [-0.2, 0) is 25.9 Å². The molecule has 2 atom stereocenters. The van der Waals surface area contributed by atoms with E-state index in [1.807, 2.05) is 11.6 Å². The van der Waals surface area contributed by atoms with E-state index in [0.717, 1.165) is 49.7 Å². The fourth-order valence-corrected chi connectivity index (χ4v) is 3.62. The third-order valence-electron chi connectivity index (χ3n) is 4.74. The summed E-state index contributed by atoms with van der Waals surface area (Å²) in [7, 11) is 0. The van der Waals surface area contributed by atoms with Crippen LogP contribution in [0.2, 0.25) is 0 Å². The van der Waals surface area contributed by atoms with Gasteiger partial charge in [-0.15, -0.1) is 0 Å². The molecule has 0 saturated carbocycles. The van der Waals surface area contributed by atoms with Gasteiger partial charge in [-0.2, -0.15) is 5.10 Å². The van der Waals surface area contributed by atoms with Gasteiger partial charge in [-0.1, -0.05) is 0 Å². The molecule has 3 heterocycles. The molecule has 6 heteroatoms. The quantitative estimate of drug-likeness (QED) is 0.911. The highest BCUT2D eigenvalue weighted by molar-refractivity contribution is 5.49. The Kier molecular flexibility index (Phi) is 4.14. The van der Waals surface area contributed by atoms with Crippen molar-refractivity contribution in [1.29, 1.82) is 0 Å². The summed E-state index contributed by atoms with van der Waals surface area (Å²) in [5.74, 6) is 3.06. The Morgan fingerprint density at radius 1 is 1.42 bits per heavy atom. The van der Waals surface area contributed by atoms with Gasteiger partial charge in [-0.3, -0.25) is 0 Å². The maximum atomic E-state index is 6.03. The number of benzene rings is 1. The van der Waals surface area contributed by atoms with Crippen LogP contribution in [0.5, 0.6) is 11.5 Å². The van der Waals surface area contributed by atoms with E-state index in [0.29, 0.717) is 12.6 Å². The van der Waals surface area contributed by atoms with Crippen LogP contribution in [0.4, 0.5) is 0 Å². The van der Waals surface area contributed by atoms with Gasteiger partial charge in [0, 0.05) is 36.6 Å². The molecule has 4 rings (SSSR count). The Labute approximate surface area is 142 Å². The maximum Gasteiger partial charge on any atom is 0.138 e. The topological polar surface area (TPSA) is 61.2 Å². The van der Waals surface area contributed by atoms with E-state index in [9.17, 15) is 0 Å². The first-order chi connectivity index (χ1) is 11.7. The minimum atomic E-state index is 0.239. The highest BCUT2D eigenvalue weighted by Crippen LogP contribution is 2.36. The highest BCUT2D eigenvalue weighted by atomic mass is 16.5. The normalized spacial score (nSPS) is 21.9. The lowest BCUT2D eigenvalue weighted by Gasteiger charge is -2.24. The van der Waals surface area contributed by atoms with Gasteiger partial charge < -0.3 is 14.8 Å². The summed E-state index contributed by atoms with van der Waals surface area (Å²) in [5, 5.41) is 7.95. The number of rotatable bonds is 5. The highest BCUT2D eigenvalue weighted by Gasteiger charge is 2.25. The van der Waals surface area contributed by atoms with Gasteiger partial charge in [-0.05, 0) is 32.4 Å². The van der Waals surface area contributed by atoms with Crippen LogP contribution in [0, 0.1) is 0 Å². The van der Waals surface area contributed by atoms with Crippen molar-refractivity contribution in [3.05, 3.63) is 35.4 Å². The van der Waals surface area contributed by atoms with Crippen LogP contribution in [0.1, 0.15) is 37.2 Å². The van der Waals surface area contributed by atoms with Gasteiger partial charge in [0.15, 0.2) is 0 Å². The third kappa shape index (κ3) is 2.98. The summed E-state index contributed by atoms with van der Waals surface area (Å²) in [6.45, 7) is 6.47. The van der Waals surface area contributed by atoms with Crippen LogP contribution in [0.25, 0.3) is 0 Å². The Morgan fingerprint density at radius 2 is 2.33 bits per heavy atom. The summed E-state index contributed by atoms with van der Waals surface area (Å²) >= 11 is 0. The van der Waals surface area contributed by atoms with Crippen molar-refractivity contribution in [2.45, 2.75) is 58.3 Å². The summed E-state index contributed by atoms with van der Waals surface area (Å²) in [6.07, 6.45) is 4.90. The molecule has 0 amide bonds. The summed E-state index contributed by atoms with van der Waals surface area (Å²) in [6, 6.07) is 4.63. The van der Waals surface area contributed by atoms with E-state index >= 15 is 0 Å². The number of nitrogens with zero attached hydrogens (tertiary/aromatic N) is 3. The first-order valence-corrected chi connectivity index (χ1v) is 8.78. The van der Waals surface area contributed by atoms with Crippen LogP contribution in [-0.4, -0.2) is 33.5 Å². The number of fused-ring (bicyclic) bond motifs is 2. The van der Waals surface area contributed by atoms with Gasteiger partial charge in [-0.25, -0.2) is 9.67 Å². The second-order valence-corrected chi connectivity index (χ2v) is 6.61. The molecule has 128 valence electrons. The Morgan fingerprint density at radius 3 is 3.21 bits per heavy atom. The molecular weight excluding hydrogens is 304 g/mol. The average Bonchev–Trinajstić information content (AvgIpc) is 3.17. The maximum absolute atomic E-state index is 6.03. The first kappa shape index (κ1) is 15.4. The van der Waals surface area contributed by atoms with E-state index in [1.165, 1.54) is 11.1 Å². The number of hydrogen-bond acceptors (Lipinski definition) is 5. The van der Waals surface area contributed by atoms with Crippen molar-refractivity contribution in [3.63, 3.8) is 0 Å². The van der Waals surface area contributed by atoms with E-state index in [4.69, 9.17) is 9.47 Å². The number of aryl methyl sites for hydroxylation is 1. The minimum absolute atomic E-state index is 0.239. The summed E-state index contributed by atoms with van der Waals surface area (Å²) in [5.41, 5.74) is 2.44. The fourth-order valence-electron chi connectivity index (χ4n) is 3.62. The number of nitrogens with one attached hydrogen (secondary N) is 1. The molecule has 0 saturated heterocycles. The van der Waals surface area contributed by atoms with E-state index in [-0.39, 0.29) is 6.10 Å². The molecule has 0 unspecified atom stereocenters. The van der Waals surface area contributed by atoms with Gasteiger partial charge in [0.2, 0.25) is 0 Å². The van der Waals surface area contributed by atoms with Crippen LogP contribution < -0.4 is 14.8 Å². The molecule has 1 N–H and O–H groups in total. The van der Waals surface area contributed by atoms with Gasteiger partial charge >= 0.3 is 0 Å². The molecule has 2 aliphatic rings. The van der Waals surface area contributed by atoms with Gasteiger partial charge in [0.25, 0.3) is 0 Å². The SMILES string of the molecule is CCOc1cc(CN[C@@H]2CCc3ncnn3C2)c2c(c1)C[C@H](C)O2. The molecule has 2 aromatic rings. The van der Waals surface area contributed by atoms with Crippen LogP contribution >= 0.6 is 0 Å². The molecule has 1 aromatic heterocycles. The predicted octanol–water partition coefficient (Wildman–Crippen LogP) is 2.10. The number of ether oxygens (including phenoxy) is 2. The van der Waals surface area contributed by atoms with Gasteiger partial charge in [0.05, 0.1) is 13.2 Å². The lowest BCUT2D eigenvalue weighted by atomic mass is 10.0. The van der Waals surface area contributed by atoms with Crippen molar-refractivity contribution in [2.24, 2.45) is 0 Å². The van der Waals surface area contributed by atoms with Crippen LogP contribution in [0.15, 0.2) is 18.5 Å². The van der Waals surface area contributed by atoms with Crippen molar-refractivity contribution >= 4 is 0 Å². The van der Waals surface area contributed by atoms with Crippen LogP contribution in [0.3, 0.4) is 0 Å².